The zero-order valence-corrected chi connectivity index (χ0v) is 10.7. The Hall–Kier alpha value is -0.990. The summed E-state index contributed by atoms with van der Waals surface area (Å²) in [6.45, 7) is 2.41. The number of allylic oxidation sites excluding steroid dienone is 1. The van der Waals surface area contributed by atoms with E-state index in [2.05, 4.69) is 18.3 Å². The zero-order chi connectivity index (χ0) is 12.1. The van der Waals surface area contributed by atoms with Crippen LogP contribution in [0, 0.1) is 17.2 Å². The number of nitrogens with zero attached hydrogens (tertiary/aromatic N) is 2. The van der Waals surface area contributed by atoms with Crippen LogP contribution in [-0.2, 0) is 4.79 Å². The van der Waals surface area contributed by atoms with Gasteiger partial charge in [0.05, 0.1) is 23.9 Å². The molecule has 0 aromatic rings. The van der Waals surface area contributed by atoms with E-state index in [0.717, 1.165) is 6.42 Å². The van der Waals surface area contributed by atoms with Crippen molar-refractivity contribution in [2.75, 3.05) is 20.6 Å². The Morgan fingerprint density at radius 1 is 1.69 bits per heavy atom. The lowest BCUT2D eigenvalue weighted by molar-refractivity contribution is -0.121. The summed E-state index contributed by atoms with van der Waals surface area (Å²) in [6, 6.07) is 2.21. The molecule has 2 atom stereocenters. The fourth-order valence-corrected chi connectivity index (χ4v) is 2.67. The number of hydrogen-bond donors (Lipinski definition) is 1. The predicted molar refractivity (Wildman–Crippen MR) is 65.6 cm³/mol. The third kappa shape index (κ3) is 3.54. The van der Waals surface area contributed by atoms with E-state index >= 15 is 0 Å². The molecule has 0 aliphatic carbocycles. The quantitative estimate of drug-likeness (QED) is 0.800. The van der Waals surface area contributed by atoms with Crippen molar-refractivity contribution in [2.24, 2.45) is 5.92 Å². The van der Waals surface area contributed by atoms with Gasteiger partial charge >= 0.3 is 0 Å². The maximum Gasteiger partial charge on any atom is 0.235 e. The molecular formula is C11H17N3OS. The highest BCUT2D eigenvalue weighted by atomic mass is 32.2. The standard InChI is InChI=1S/C11H17N3OS/c1-4-9-5-8(6-12)11(16-9)13-10(15)7-14(2)3/h5,8,11H,4,7H2,1-3H3,(H,13,15). The van der Waals surface area contributed by atoms with Gasteiger partial charge in [0, 0.05) is 0 Å². The number of amides is 1. The molecule has 0 spiro atoms. The second kappa shape index (κ2) is 5.92. The van der Waals surface area contributed by atoms with Gasteiger partial charge in [0.25, 0.3) is 0 Å². The molecule has 1 amide bonds. The molecule has 0 saturated heterocycles. The smallest absolute Gasteiger partial charge is 0.235 e. The van der Waals surface area contributed by atoms with Crippen LogP contribution >= 0.6 is 11.8 Å². The first-order valence-electron chi connectivity index (χ1n) is 5.28. The first kappa shape index (κ1) is 13.1. The number of nitrogens with one attached hydrogen (secondary N) is 1. The Morgan fingerprint density at radius 3 is 2.88 bits per heavy atom. The molecule has 88 valence electrons. The van der Waals surface area contributed by atoms with Gasteiger partial charge in [0.15, 0.2) is 0 Å². The van der Waals surface area contributed by atoms with Gasteiger partial charge in [-0.15, -0.1) is 11.8 Å². The molecule has 2 unspecified atom stereocenters. The fourth-order valence-electron chi connectivity index (χ4n) is 1.48. The third-order valence-corrected chi connectivity index (χ3v) is 3.62. The highest BCUT2D eigenvalue weighted by molar-refractivity contribution is 8.03. The normalized spacial score (nSPS) is 24.1. The Kier molecular flexibility index (Phi) is 4.84. The molecule has 0 radical (unpaired) electrons. The van der Waals surface area contributed by atoms with E-state index < -0.39 is 0 Å². The summed E-state index contributed by atoms with van der Waals surface area (Å²) in [5.41, 5.74) is 0. The van der Waals surface area contributed by atoms with Crippen LogP contribution in [-0.4, -0.2) is 36.8 Å². The summed E-state index contributed by atoms with van der Waals surface area (Å²) >= 11 is 1.59. The highest BCUT2D eigenvalue weighted by Crippen LogP contribution is 2.36. The molecule has 0 saturated carbocycles. The van der Waals surface area contributed by atoms with Crippen LogP contribution in [0.1, 0.15) is 13.3 Å². The summed E-state index contributed by atoms with van der Waals surface area (Å²) in [5, 5.41) is 11.7. The fraction of sp³-hybridized carbons (Fsp3) is 0.636. The Balaban J connectivity index is 2.51. The molecule has 0 fully saturated rings. The third-order valence-electron chi connectivity index (χ3n) is 2.23. The van der Waals surface area contributed by atoms with Gasteiger partial charge in [-0.05, 0) is 25.4 Å². The summed E-state index contributed by atoms with van der Waals surface area (Å²) in [7, 11) is 3.69. The molecule has 1 aliphatic rings. The van der Waals surface area contributed by atoms with E-state index in [0.29, 0.717) is 6.54 Å². The molecule has 1 rings (SSSR count). The summed E-state index contributed by atoms with van der Waals surface area (Å²) < 4.78 is 0. The van der Waals surface area contributed by atoms with E-state index in [1.165, 1.54) is 4.91 Å². The molecule has 0 bridgehead atoms. The Morgan fingerprint density at radius 2 is 2.38 bits per heavy atom. The topological polar surface area (TPSA) is 56.1 Å². The summed E-state index contributed by atoms with van der Waals surface area (Å²) in [4.78, 5) is 14.6. The lowest BCUT2D eigenvalue weighted by Crippen LogP contribution is -2.40. The van der Waals surface area contributed by atoms with Crippen molar-refractivity contribution in [3.8, 4) is 6.07 Å². The lowest BCUT2D eigenvalue weighted by atomic mass is 10.1. The van der Waals surface area contributed by atoms with E-state index in [4.69, 9.17) is 5.26 Å². The van der Waals surface area contributed by atoms with Crippen LogP contribution in [0.25, 0.3) is 0 Å². The second-order valence-corrected chi connectivity index (χ2v) is 5.25. The Labute approximate surface area is 101 Å². The van der Waals surface area contributed by atoms with Gasteiger partial charge in [-0.3, -0.25) is 4.79 Å². The minimum Gasteiger partial charge on any atom is -0.341 e. The van der Waals surface area contributed by atoms with Crippen LogP contribution in [0.3, 0.4) is 0 Å². The number of likely N-dealkylation sites (N-methyl/N-ethyl adjacent to an activating group) is 1. The molecule has 0 aromatic carbocycles. The van der Waals surface area contributed by atoms with Crippen molar-refractivity contribution in [1.82, 2.24) is 10.2 Å². The van der Waals surface area contributed by atoms with Gasteiger partial charge in [0.1, 0.15) is 0 Å². The number of carbonyl (C=O) groups excluding carboxylic acids is 1. The number of rotatable bonds is 4. The van der Waals surface area contributed by atoms with Crippen LogP contribution in [0.4, 0.5) is 0 Å². The molecule has 16 heavy (non-hydrogen) atoms. The van der Waals surface area contributed by atoms with Crippen molar-refractivity contribution in [2.45, 2.75) is 18.7 Å². The second-order valence-electron chi connectivity index (χ2n) is 3.99. The minimum atomic E-state index is -0.203. The number of carbonyl (C=O) groups is 1. The molecule has 0 aromatic heterocycles. The molecular weight excluding hydrogens is 222 g/mol. The predicted octanol–water partition coefficient (Wildman–Crippen LogP) is 1.17. The van der Waals surface area contributed by atoms with Gasteiger partial charge < -0.3 is 10.2 Å². The van der Waals surface area contributed by atoms with E-state index in [9.17, 15) is 4.79 Å². The minimum absolute atomic E-state index is 0.0338. The van der Waals surface area contributed by atoms with Crippen LogP contribution < -0.4 is 5.32 Å². The number of hydrogen-bond acceptors (Lipinski definition) is 4. The lowest BCUT2D eigenvalue weighted by Gasteiger charge is -2.17. The first-order valence-corrected chi connectivity index (χ1v) is 6.15. The zero-order valence-electron chi connectivity index (χ0n) is 9.86. The SMILES string of the molecule is CCC1=CC(C#N)C(NC(=O)CN(C)C)S1. The van der Waals surface area contributed by atoms with E-state index in [1.54, 1.807) is 11.8 Å². The van der Waals surface area contributed by atoms with Gasteiger partial charge in [-0.25, -0.2) is 0 Å². The molecule has 1 aliphatic heterocycles. The maximum atomic E-state index is 11.6. The molecule has 5 heteroatoms. The Bertz CT molecular complexity index is 333. The van der Waals surface area contributed by atoms with Crippen molar-refractivity contribution in [3.63, 3.8) is 0 Å². The summed E-state index contributed by atoms with van der Waals surface area (Å²) in [5.74, 6) is -0.237. The van der Waals surface area contributed by atoms with Crippen LogP contribution in [0.5, 0.6) is 0 Å². The van der Waals surface area contributed by atoms with Gasteiger partial charge in [-0.2, -0.15) is 5.26 Å². The summed E-state index contributed by atoms with van der Waals surface area (Å²) in [6.07, 6.45) is 2.87. The average molecular weight is 239 g/mol. The molecule has 1 heterocycles. The average Bonchev–Trinajstić information content (AvgIpc) is 2.59. The number of thioether (sulfide) groups is 1. The van der Waals surface area contributed by atoms with E-state index in [1.807, 2.05) is 25.1 Å². The monoisotopic (exact) mass is 239 g/mol. The maximum absolute atomic E-state index is 11.6. The molecule has 1 N–H and O–H groups in total. The van der Waals surface area contributed by atoms with Crippen molar-refractivity contribution in [1.29, 1.82) is 5.26 Å². The van der Waals surface area contributed by atoms with Crippen molar-refractivity contribution >= 4 is 17.7 Å². The highest BCUT2D eigenvalue weighted by Gasteiger charge is 2.28. The first-order chi connectivity index (χ1) is 7.56. The van der Waals surface area contributed by atoms with Crippen molar-refractivity contribution in [3.05, 3.63) is 11.0 Å². The van der Waals surface area contributed by atoms with Crippen molar-refractivity contribution < 1.29 is 4.79 Å². The van der Waals surface area contributed by atoms with E-state index in [-0.39, 0.29) is 17.2 Å². The van der Waals surface area contributed by atoms with Gasteiger partial charge in [0.2, 0.25) is 5.91 Å². The van der Waals surface area contributed by atoms with Gasteiger partial charge in [-0.1, -0.05) is 13.0 Å². The molecule has 4 nitrogen and oxygen atoms in total. The largest absolute Gasteiger partial charge is 0.341 e. The number of nitriles is 1. The van der Waals surface area contributed by atoms with Crippen LogP contribution in [0.2, 0.25) is 0 Å². The van der Waals surface area contributed by atoms with Crippen LogP contribution in [0.15, 0.2) is 11.0 Å².